The lowest BCUT2D eigenvalue weighted by molar-refractivity contribution is -0.115. The molecule has 10 nitrogen and oxygen atoms in total. The number of nitrogens with zero attached hydrogens (tertiary/aromatic N) is 3. The fraction of sp³-hybridized carbons (Fsp3) is 0.389. The van der Waals surface area contributed by atoms with Gasteiger partial charge in [0.15, 0.2) is 11.5 Å². The van der Waals surface area contributed by atoms with Gasteiger partial charge in [0.05, 0.1) is 5.52 Å². The minimum absolute atomic E-state index is 0.00790. The number of fused-ring (bicyclic) bond motifs is 1. The van der Waals surface area contributed by atoms with Crippen LogP contribution in [0.4, 0.5) is 14.5 Å². The van der Waals surface area contributed by atoms with Crippen molar-refractivity contribution in [3.8, 4) is 0 Å². The summed E-state index contributed by atoms with van der Waals surface area (Å²) >= 11 is 0. The van der Waals surface area contributed by atoms with Gasteiger partial charge in [-0.1, -0.05) is 12.8 Å². The molecule has 1 aromatic carbocycles. The predicted molar refractivity (Wildman–Crippen MR) is 108 cm³/mol. The Labute approximate surface area is 170 Å². The third kappa shape index (κ3) is 4.13. The monoisotopic (exact) mass is 419 g/mol. The lowest BCUT2D eigenvalue weighted by Crippen LogP contribution is -2.57. The van der Waals surface area contributed by atoms with Gasteiger partial charge in [-0.25, -0.2) is 4.68 Å². The van der Waals surface area contributed by atoms with Gasteiger partial charge < -0.3 is 22.1 Å². The van der Waals surface area contributed by atoms with E-state index in [2.05, 4.69) is 31.6 Å². The lowest BCUT2D eigenvalue weighted by atomic mass is 9.91. The Kier molecular flexibility index (Phi) is 5.40. The maximum absolute atomic E-state index is 12.9. The highest BCUT2D eigenvalue weighted by Gasteiger charge is 2.25. The topological polar surface area (TPSA) is 147 Å². The molecule has 1 saturated carbocycles. The van der Waals surface area contributed by atoms with E-state index in [9.17, 15) is 13.6 Å². The van der Waals surface area contributed by atoms with Gasteiger partial charge >= 0.3 is 6.55 Å². The molecular weight excluding hydrogens is 396 g/mol. The molecule has 2 atom stereocenters. The van der Waals surface area contributed by atoms with Crippen molar-refractivity contribution in [2.75, 3.05) is 5.32 Å². The SMILES string of the molecule is NC(=O)C1=C(Nc2ccc3cn(C(F)F)nc3c2)N=C(N[C@@H]2CCCC[C@@H]2N)NN1. The minimum Gasteiger partial charge on any atom is -0.364 e. The zero-order chi connectivity index (χ0) is 21.3. The summed E-state index contributed by atoms with van der Waals surface area (Å²) in [5, 5.41) is 10.7. The molecule has 160 valence electrons. The summed E-state index contributed by atoms with van der Waals surface area (Å²) in [7, 11) is 0. The number of halogens is 2. The van der Waals surface area contributed by atoms with Crippen LogP contribution in [0.1, 0.15) is 32.2 Å². The van der Waals surface area contributed by atoms with Crippen molar-refractivity contribution in [3.05, 3.63) is 35.9 Å². The number of primary amides is 1. The molecule has 1 fully saturated rings. The molecule has 0 saturated heterocycles. The summed E-state index contributed by atoms with van der Waals surface area (Å²) in [4.78, 5) is 16.2. The number of alkyl halides is 2. The summed E-state index contributed by atoms with van der Waals surface area (Å²) in [5.41, 5.74) is 18.1. The summed E-state index contributed by atoms with van der Waals surface area (Å²) in [6.45, 7) is -2.73. The van der Waals surface area contributed by atoms with E-state index >= 15 is 0 Å². The van der Waals surface area contributed by atoms with Crippen molar-refractivity contribution in [1.82, 2.24) is 25.9 Å². The Balaban J connectivity index is 1.58. The van der Waals surface area contributed by atoms with E-state index in [1.807, 2.05) is 0 Å². The number of hydrogen-bond donors (Lipinski definition) is 6. The van der Waals surface area contributed by atoms with E-state index in [1.54, 1.807) is 18.2 Å². The van der Waals surface area contributed by atoms with Gasteiger partial charge in [-0.15, -0.1) is 0 Å². The van der Waals surface area contributed by atoms with E-state index in [1.165, 1.54) is 6.20 Å². The number of carbonyl (C=O) groups excluding carboxylic acids is 1. The molecule has 1 amide bonds. The summed E-state index contributed by atoms with van der Waals surface area (Å²) in [6.07, 6.45) is 5.28. The molecule has 12 heteroatoms. The van der Waals surface area contributed by atoms with Gasteiger partial charge in [0.25, 0.3) is 5.91 Å². The van der Waals surface area contributed by atoms with Gasteiger partial charge in [0.1, 0.15) is 0 Å². The molecule has 2 aliphatic rings. The highest BCUT2D eigenvalue weighted by molar-refractivity contribution is 5.95. The van der Waals surface area contributed by atoms with Crippen molar-refractivity contribution >= 4 is 28.5 Å². The summed E-state index contributed by atoms with van der Waals surface area (Å²) in [5.74, 6) is -0.140. The maximum atomic E-state index is 12.9. The molecule has 0 spiro atoms. The molecule has 1 aliphatic heterocycles. The molecule has 1 aromatic heterocycles. The van der Waals surface area contributed by atoms with Crippen LogP contribution in [-0.4, -0.2) is 33.7 Å². The molecule has 0 bridgehead atoms. The van der Waals surface area contributed by atoms with Crippen LogP contribution in [0.5, 0.6) is 0 Å². The fourth-order valence-corrected chi connectivity index (χ4v) is 3.58. The Morgan fingerprint density at radius 2 is 2.07 bits per heavy atom. The fourth-order valence-electron chi connectivity index (χ4n) is 3.58. The number of aliphatic imine (C=N–C) groups is 1. The van der Waals surface area contributed by atoms with Crippen LogP contribution >= 0.6 is 0 Å². The largest absolute Gasteiger partial charge is 0.364 e. The minimum atomic E-state index is -2.73. The number of carbonyl (C=O) groups is 1. The first kappa shape index (κ1) is 19.9. The van der Waals surface area contributed by atoms with E-state index in [0.29, 0.717) is 27.2 Å². The maximum Gasteiger partial charge on any atom is 0.333 e. The van der Waals surface area contributed by atoms with Crippen LogP contribution in [0.25, 0.3) is 10.9 Å². The lowest BCUT2D eigenvalue weighted by Gasteiger charge is -2.32. The average Bonchev–Trinajstić information content (AvgIpc) is 3.13. The second-order valence-electron chi connectivity index (χ2n) is 7.28. The molecule has 4 rings (SSSR count). The van der Waals surface area contributed by atoms with Gasteiger partial charge in [0, 0.05) is 29.4 Å². The number of anilines is 1. The standard InChI is InChI=1S/C18H23F2N9O/c19-17(20)29-8-9-5-6-10(7-13(9)28-29)23-16-14(15(22)30)26-27-18(25-16)24-12-4-2-1-3-11(12)21/h5-8,11-12,17,23,26H,1-4,21H2,(H2,22,30)(H2,24,25,27)/t11-,12+/m0/s1. The Bertz CT molecular complexity index is 1020. The molecule has 0 radical (unpaired) electrons. The number of rotatable bonds is 5. The predicted octanol–water partition coefficient (Wildman–Crippen LogP) is 0.821. The first-order valence-corrected chi connectivity index (χ1v) is 9.62. The van der Waals surface area contributed by atoms with Crippen LogP contribution in [0.2, 0.25) is 0 Å². The smallest absolute Gasteiger partial charge is 0.333 e. The van der Waals surface area contributed by atoms with E-state index in [-0.39, 0.29) is 23.6 Å². The zero-order valence-electron chi connectivity index (χ0n) is 16.0. The number of aromatic nitrogens is 2. The highest BCUT2D eigenvalue weighted by Crippen LogP contribution is 2.23. The van der Waals surface area contributed by atoms with E-state index in [0.717, 1.165) is 25.7 Å². The molecular formula is C18H23F2N9O. The summed E-state index contributed by atoms with van der Waals surface area (Å²) in [6, 6.07) is 4.97. The molecule has 30 heavy (non-hydrogen) atoms. The van der Waals surface area contributed by atoms with E-state index in [4.69, 9.17) is 11.5 Å². The highest BCUT2D eigenvalue weighted by atomic mass is 19.3. The number of nitrogens with two attached hydrogens (primary N) is 2. The second-order valence-corrected chi connectivity index (χ2v) is 7.28. The number of nitrogens with one attached hydrogen (secondary N) is 4. The number of amides is 1. The van der Waals surface area contributed by atoms with Gasteiger partial charge in [-0.2, -0.15) is 18.9 Å². The van der Waals surface area contributed by atoms with Crippen molar-refractivity contribution < 1.29 is 13.6 Å². The Hall–Kier alpha value is -3.41. The molecule has 1 aliphatic carbocycles. The quantitative estimate of drug-likeness (QED) is 0.420. The van der Waals surface area contributed by atoms with Crippen molar-refractivity contribution in [3.63, 3.8) is 0 Å². The van der Waals surface area contributed by atoms with Crippen LogP contribution in [-0.2, 0) is 4.79 Å². The van der Waals surface area contributed by atoms with Crippen molar-refractivity contribution in [2.45, 2.75) is 44.3 Å². The average molecular weight is 419 g/mol. The molecule has 8 N–H and O–H groups in total. The molecule has 2 aromatic rings. The van der Waals surface area contributed by atoms with Gasteiger partial charge in [-0.3, -0.25) is 15.6 Å². The first-order chi connectivity index (χ1) is 14.4. The molecule has 0 unspecified atom stereocenters. The Morgan fingerprint density at radius 3 is 2.80 bits per heavy atom. The number of hydrazine groups is 1. The van der Waals surface area contributed by atoms with Crippen molar-refractivity contribution in [1.29, 1.82) is 0 Å². The molecule has 2 heterocycles. The zero-order valence-corrected chi connectivity index (χ0v) is 16.0. The third-order valence-corrected chi connectivity index (χ3v) is 5.14. The first-order valence-electron chi connectivity index (χ1n) is 9.62. The van der Waals surface area contributed by atoms with Crippen molar-refractivity contribution in [2.24, 2.45) is 16.5 Å². The summed E-state index contributed by atoms with van der Waals surface area (Å²) < 4.78 is 26.3. The normalized spacial score (nSPS) is 21.8. The van der Waals surface area contributed by atoms with Gasteiger partial charge in [-0.05, 0) is 31.0 Å². The van der Waals surface area contributed by atoms with Crippen LogP contribution < -0.4 is 33.0 Å². The van der Waals surface area contributed by atoms with Crippen LogP contribution in [0.15, 0.2) is 40.9 Å². The third-order valence-electron chi connectivity index (χ3n) is 5.14. The number of hydrogen-bond acceptors (Lipinski definition) is 8. The van der Waals surface area contributed by atoms with Crippen LogP contribution in [0.3, 0.4) is 0 Å². The number of benzene rings is 1. The Morgan fingerprint density at radius 1 is 1.27 bits per heavy atom. The van der Waals surface area contributed by atoms with E-state index < -0.39 is 12.5 Å². The number of guanidine groups is 1. The van der Waals surface area contributed by atoms with Gasteiger partial charge in [0.2, 0.25) is 5.96 Å². The van der Waals surface area contributed by atoms with Crippen LogP contribution in [0, 0.1) is 0 Å². The second kappa shape index (κ2) is 8.14.